The molecular formula is C17H18ClN3O6. The number of nitrogens with zero attached hydrogens (tertiary/aromatic N) is 1. The number of ether oxygens (including phenoxy) is 3. The van der Waals surface area contributed by atoms with Crippen LogP contribution in [0.5, 0.6) is 17.2 Å². The quantitative estimate of drug-likeness (QED) is 0.520. The molecule has 2 aromatic rings. The summed E-state index contributed by atoms with van der Waals surface area (Å²) in [5, 5.41) is 16.7. The Balaban J connectivity index is 2.12. The third-order valence-corrected chi connectivity index (χ3v) is 3.88. The Morgan fingerprint density at radius 1 is 1.04 bits per heavy atom. The van der Waals surface area contributed by atoms with Gasteiger partial charge in [-0.25, -0.2) is 0 Å². The van der Waals surface area contributed by atoms with E-state index >= 15 is 0 Å². The molecular weight excluding hydrogens is 378 g/mol. The van der Waals surface area contributed by atoms with Crippen LogP contribution < -0.4 is 24.8 Å². The average molecular weight is 396 g/mol. The Labute approximate surface area is 160 Å². The highest BCUT2D eigenvalue weighted by Gasteiger charge is 2.15. The smallest absolute Gasteiger partial charge is 0.271 e. The number of rotatable bonds is 8. The molecule has 0 aromatic heterocycles. The molecule has 0 saturated carbocycles. The van der Waals surface area contributed by atoms with E-state index in [1.807, 2.05) is 0 Å². The molecule has 27 heavy (non-hydrogen) atoms. The van der Waals surface area contributed by atoms with Gasteiger partial charge in [0.25, 0.3) is 5.69 Å². The monoisotopic (exact) mass is 395 g/mol. The number of nitro benzene ring substituents is 1. The van der Waals surface area contributed by atoms with Crippen molar-refractivity contribution in [3.8, 4) is 17.2 Å². The van der Waals surface area contributed by atoms with Crippen LogP contribution >= 0.6 is 11.6 Å². The first-order valence-corrected chi connectivity index (χ1v) is 8.05. The Kier molecular flexibility index (Phi) is 6.67. The van der Waals surface area contributed by atoms with Crippen LogP contribution in [0.1, 0.15) is 0 Å². The topological polar surface area (TPSA) is 112 Å². The predicted octanol–water partition coefficient (Wildman–Crippen LogP) is 3.32. The molecule has 0 heterocycles. The van der Waals surface area contributed by atoms with Crippen molar-refractivity contribution in [1.29, 1.82) is 0 Å². The second-order valence-electron chi connectivity index (χ2n) is 5.23. The number of benzene rings is 2. The lowest BCUT2D eigenvalue weighted by atomic mass is 10.2. The van der Waals surface area contributed by atoms with E-state index in [-0.39, 0.29) is 12.2 Å². The highest BCUT2D eigenvalue weighted by Crippen LogP contribution is 2.36. The second-order valence-corrected chi connectivity index (χ2v) is 5.64. The van der Waals surface area contributed by atoms with Gasteiger partial charge in [0, 0.05) is 18.2 Å². The largest absolute Gasteiger partial charge is 0.495 e. The second kappa shape index (κ2) is 8.95. The van der Waals surface area contributed by atoms with Gasteiger partial charge in [0.05, 0.1) is 49.2 Å². The minimum atomic E-state index is -0.533. The summed E-state index contributed by atoms with van der Waals surface area (Å²) >= 11 is 6.07. The van der Waals surface area contributed by atoms with Crippen LogP contribution in [0, 0.1) is 10.1 Å². The molecule has 0 saturated heterocycles. The van der Waals surface area contributed by atoms with Crippen LogP contribution in [-0.4, -0.2) is 38.7 Å². The normalized spacial score (nSPS) is 10.1. The summed E-state index contributed by atoms with van der Waals surface area (Å²) in [5.74, 6) is 0.741. The molecule has 10 heteroatoms. The number of non-ortho nitro benzene ring substituents is 1. The summed E-state index contributed by atoms with van der Waals surface area (Å²) in [4.78, 5) is 22.6. The Bertz CT molecular complexity index is 859. The van der Waals surface area contributed by atoms with E-state index in [1.54, 1.807) is 6.07 Å². The van der Waals surface area contributed by atoms with Crippen molar-refractivity contribution >= 4 is 34.6 Å². The van der Waals surface area contributed by atoms with Crippen molar-refractivity contribution in [2.45, 2.75) is 0 Å². The van der Waals surface area contributed by atoms with Crippen LogP contribution in [-0.2, 0) is 4.79 Å². The van der Waals surface area contributed by atoms with E-state index < -0.39 is 10.8 Å². The van der Waals surface area contributed by atoms with E-state index in [9.17, 15) is 14.9 Å². The lowest BCUT2D eigenvalue weighted by Gasteiger charge is -2.14. The number of carbonyl (C=O) groups is 1. The summed E-state index contributed by atoms with van der Waals surface area (Å²) < 4.78 is 15.5. The van der Waals surface area contributed by atoms with E-state index in [0.717, 1.165) is 0 Å². The SMILES string of the molecule is COc1cc(OC)c(NC(=O)CNc2cc([N+](=O)[O-])ccc2OC)cc1Cl. The zero-order valence-corrected chi connectivity index (χ0v) is 15.6. The number of nitro groups is 1. The Morgan fingerprint density at radius 2 is 1.70 bits per heavy atom. The maximum Gasteiger partial charge on any atom is 0.271 e. The molecule has 2 rings (SSSR count). The molecule has 0 aliphatic rings. The average Bonchev–Trinajstić information content (AvgIpc) is 2.66. The van der Waals surface area contributed by atoms with Crippen LogP contribution in [0.15, 0.2) is 30.3 Å². The molecule has 0 spiro atoms. The van der Waals surface area contributed by atoms with Gasteiger partial charge < -0.3 is 24.8 Å². The maximum absolute atomic E-state index is 12.3. The summed E-state index contributed by atoms with van der Waals surface area (Å²) in [5.41, 5.74) is 0.560. The first-order valence-electron chi connectivity index (χ1n) is 7.67. The van der Waals surface area contributed by atoms with Crippen molar-refractivity contribution in [2.75, 3.05) is 38.5 Å². The fourth-order valence-corrected chi connectivity index (χ4v) is 2.52. The van der Waals surface area contributed by atoms with Crippen LogP contribution in [0.25, 0.3) is 0 Å². The zero-order valence-electron chi connectivity index (χ0n) is 14.9. The molecule has 144 valence electrons. The van der Waals surface area contributed by atoms with Crippen LogP contribution in [0.4, 0.5) is 17.1 Å². The molecule has 9 nitrogen and oxygen atoms in total. The van der Waals surface area contributed by atoms with Gasteiger partial charge >= 0.3 is 0 Å². The lowest BCUT2D eigenvalue weighted by molar-refractivity contribution is -0.384. The fraction of sp³-hybridized carbons (Fsp3) is 0.235. The van der Waals surface area contributed by atoms with Gasteiger partial charge in [0.15, 0.2) is 0 Å². The van der Waals surface area contributed by atoms with Gasteiger partial charge in [-0.3, -0.25) is 14.9 Å². The van der Waals surface area contributed by atoms with Gasteiger partial charge in [-0.2, -0.15) is 0 Å². The molecule has 0 unspecified atom stereocenters. The molecule has 2 aromatic carbocycles. The highest BCUT2D eigenvalue weighted by atomic mass is 35.5. The first-order chi connectivity index (χ1) is 12.9. The van der Waals surface area contributed by atoms with Crippen molar-refractivity contribution < 1.29 is 23.9 Å². The molecule has 0 aliphatic heterocycles. The highest BCUT2D eigenvalue weighted by molar-refractivity contribution is 6.32. The molecule has 1 amide bonds. The summed E-state index contributed by atoms with van der Waals surface area (Å²) in [7, 11) is 4.34. The number of hydrogen-bond acceptors (Lipinski definition) is 7. The van der Waals surface area contributed by atoms with Crippen molar-refractivity contribution in [3.05, 3.63) is 45.5 Å². The Hall–Kier alpha value is -3.20. The van der Waals surface area contributed by atoms with E-state index in [0.29, 0.717) is 33.6 Å². The number of carbonyl (C=O) groups excluding carboxylic acids is 1. The van der Waals surface area contributed by atoms with Crippen LogP contribution in [0.2, 0.25) is 5.02 Å². The van der Waals surface area contributed by atoms with Crippen molar-refractivity contribution in [2.24, 2.45) is 0 Å². The van der Waals surface area contributed by atoms with E-state index in [4.69, 9.17) is 25.8 Å². The minimum Gasteiger partial charge on any atom is -0.495 e. The Morgan fingerprint density at radius 3 is 2.30 bits per heavy atom. The van der Waals surface area contributed by atoms with Gasteiger partial charge in [0.1, 0.15) is 17.2 Å². The number of amides is 1. The van der Waals surface area contributed by atoms with Gasteiger partial charge in [-0.05, 0) is 12.1 Å². The van der Waals surface area contributed by atoms with Crippen molar-refractivity contribution in [1.82, 2.24) is 0 Å². The van der Waals surface area contributed by atoms with Crippen molar-refractivity contribution in [3.63, 3.8) is 0 Å². The van der Waals surface area contributed by atoms with Gasteiger partial charge in [0.2, 0.25) is 5.91 Å². The number of halogens is 1. The fourth-order valence-electron chi connectivity index (χ4n) is 2.28. The summed E-state index contributed by atoms with van der Waals surface area (Å²) in [6.45, 7) is -0.162. The standard InChI is InChI=1S/C17H18ClN3O6/c1-25-14-5-4-10(21(23)24)6-12(14)19-9-17(22)20-13-7-11(18)15(26-2)8-16(13)27-3/h4-8,19H,9H2,1-3H3,(H,20,22). The third kappa shape index (κ3) is 4.91. The molecule has 2 N–H and O–H groups in total. The summed E-state index contributed by atoms with van der Waals surface area (Å²) in [6, 6.07) is 7.11. The summed E-state index contributed by atoms with van der Waals surface area (Å²) in [6.07, 6.45) is 0. The van der Waals surface area contributed by atoms with E-state index in [2.05, 4.69) is 10.6 Å². The molecule has 0 fully saturated rings. The number of nitrogens with one attached hydrogen (secondary N) is 2. The zero-order chi connectivity index (χ0) is 20.0. The predicted molar refractivity (Wildman–Crippen MR) is 101 cm³/mol. The van der Waals surface area contributed by atoms with Gasteiger partial charge in [-0.15, -0.1) is 0 Å². The first kappa shape index (κ1) is 20.1. The molecule has 0 aliphatic carbocycles. The molecule has 0 atom stereocenters. The number of hydrogen-bond donors (Lipinski definition) is 2. The number of anilines is 2. The third-order valence-electron chi connectivity index (χ3n) is 3.58. The molecule has 0 radical (unpaired) electrons. The van der Waals surface area contributed by atoms with Crippen LogP contribution in [0.3, 0.4) is 0 Å². The van der Waals surface area contributed by atoms with E-state index in [1.165, 1.54) is 45.6 Å². The lowest BCUT2D eigenvalue weighted by Crippen LogP contribution is -2.22. The van der Waals surface area contributed by atoms with Gasteiger partial charge in [-0.1, -0.05) is 11.6 Å². The number of methoxy groups -OCH3 is 3. The maximum atomic E-state index is 12.3. The minimum absolute atomic E-state index is 0.123. The molecule has 0 bridgehead atoms.